The summed E-state index contributed by atoms with van der Waals surface area (Å²) in [5.74, 6) is 1.40. The van der Waals surface area contributed by atoms with E-state index in [1.54, 1.807) is 25.5 Å². The van der Waals surface area contributed by atoms with Crippen molar-refractivity contribution in [3.8, 4) is 0 Å². The van der Waals surface area contributed by atoms with E-state index in [1.165, 1.54) is 6.07 Å². The highest BCUT2D eigenvalue weighted by Gasteiger charge is 2.44. The van der Waals surface area contributed by atoms with Gasteiger partial charge in [-0.1, -0.05) is 12.1 Å². The summed E-state index contributed by atoms with van der Waals surface area (Å²) in [6, 6.07) is 6.89. The van der Waals surface area contributed by atoms with Gasteiger partial charge in [-0.15, -0.1) is 34.2 Å². The molecule has 0 atom stereocenters. The Morgan fingerprint density at radius 2 is 2.16 bits per heavy atom. The van der Waals surface area contributed by atoms with Crippen LogP contribution in [0.25, 0.3) is 0 Å². The maximum Gasteiger partial charge on any atom is 0.191 e. The van der Waals surface area contributed by atoms with Crippen LogP contribution in [0.1, 0.15) is 31.2 Å². The molecule has 25 heavy (non-hydrogen) atoms. The molecule has 0 radical (unpaired) electrons. The minimum Gasteiger partial charge on any atom is -0.356 e. The van der Waals surface area contributed by atoms with Crippen molar-refractivity contribution in [2.45, 2.75) is 38.3 Å². The molecule has 0 spiro atoms. The summed E-state index contributed by atoms with van der Waals surface area (Å²) in [6.07, 6.45) is 3.84. The molecule has 1 fully saturated rings. The van der Waals surface area contributed by atoms with Gasteiger partial charge in [0.25, 0.3) is 0 Å². The maximum absolute atomic E-state index is 13.5. The molecule has 0 bridgehead atoms. The predicted octanol–water partition coefficient (Wildman–Crippen LogP) is 2.45. The van der Waals surface area contributed by atoms with E-state index in [0.29, 0.717) is 12.5 Å². The minimum atomic E-state index is -0.180. The molecule has 3 rings (SSSR count). The van der Waals surface area contributed by atoms with Crippen molar-refractivity contribution in [3.63, 3.8) is 0 Å². The first-order valence-electron chi connectivity index (χ1n) is 8.24. The Hall–Kier alpha value is -1.71. The molecular formula is C17H24FIN6. The first kappa shape index (κ1) is 19.6. The molecule has 6 nitrogen and oxygen atoms in total. The predicted molar refractivity (Wildman–Crippen MR) is 107 cm³/mol. The fraction of sp³-hybridized carbons (Fsp3) is 0.471. The van der Waals surface area contributed by atoms with Crippen LogP contribution in [-0.2, 0) is 18.5 Å². The highest BCUT2D eigenvalue weighted by atomic mass is 127. The normalized spacial score (nSPS) is 15.4. The Morgan fingerprint density at radius 1 is 1.36 bits per heavy atom. The van der Waals surface area contributed by atoms with Crippen LogP contribution < -0.4 is 10.6 Å². The zero-order valence-electron chi connectivity index (χ0n) is 14.5. The molecule has 136 valence electrons. The number of hydrogen-bond acceptors (Lipinski definition) is 3. The van der Waals surface area contributed by atoms with Crippen molar-refractivity contribution >= 4 is 29.9 Å². The van der Waals surface area contributed by atoms with Gasteiger partial charge in [0, 0.05) is 25.6 Å². The van der Waals surface area contributed by atoms with Crippen molar-refractivity contribution in [3.05, 3.63) is 47.8 Å². The third-order valence-electron chi connectivity index (χ3n) is 4.56. The van der Waals surface area contributed by atoms with Crippen molar-refractivity contribution in [2.24, 2.45) is 4.99 Å². The van der Waals surface area contributed by atoms with E-state index in [4.69, 9.17) is 0 Å². The average molecular weight is 458 g/mol. The molecule has 1 saturated carbocycles. The van der Waals surface area contributed by atoms with Gasteiger partial charge in [-0.2, -0.15) is 0 Å². The van der Waals surface area contributed by atoms with Crippen molar-refractivity contribution in [1.82, 2.24) is 25.4 Å². The van der Waals surface area contributed by atoms with Gasteiger partial charge >= 0.3 is 0 Å². The van der Waals surface area contributed by atoms with Crippen molar-refractivity contribution < 1.29 is 4.39 Å². The monoisotopic (exact) mass is 458 g/mol. The number of aliphatic imine (C=N–C) groups is 1. The number of halogens is 2. The summed E-state index contributed by atoms with van der Waals surface area (Å²) in [6.45, 7) is 4.17. The van der Waals surface area contributed by atoms with E-state index in [1.807, 2.05) is 10.6 Å². The van der Waals surface area contributed by atoms with Crippen LogP contribution in [0.3, 0.4) is 0 Å². The van der Waals surface area contributed by atoms with E-state index >= 15 is 0 Å². The van der Waals surface area contributed by atoms with Crippen LogP contribution in [0.15, 0.2) is 35.6 Å². The summed E-state index contributed by atoms with van der Waals surface area (Å²) in [5.41, 5.74) is 1.07. The molecule has 1 aromatic heterocycles. The van der Waals surface area contributed by atoms with Gasteiger partial charge in [-0.25, -0.2) is 4.39 Å². The van der Waals surface area contributed by atoms with Gasteiger partial charge in [0.15, 0.2) is 11.8 Å². The number of benzene rings is 1. The van der Waals surface area contributed by atoms with E-state index in [2.05, 4.69) is 32.7 Å². The van der Waals surface area contributed by atoms with Gasteiger partial charge < -0.3 is 15.2 Å². The maximum atomic E-state index is 13.5. The topological polar surface area (TPSA) is 67.1 Å². The van der Waals surface area contributed by atoms with Crippen LogP contribution in [0.2, 0.25) is 0 Å². The number of rotatable bonds is 6. The van der Waals surface area contributed by atoms with Crippen LogP contribution in [-0.4, -0.2) is 34.3 Å². The van der Waals surface area contributed by atoms with E-state index in [9.17, 15) is 4.39 Å². The van der Waals surface area contributed by atoms with Crippen LogP contribution in [0.4, 0.5) is 4.39 Å². The molecule has 0 saturated heterocycles. The summed E-state index contributed by atoms with van der Waals surface area (Å²) in [5, 5.41) is 14.6. The lowest BCUT2D eigenvalue weighted by Crippen LogP contribution is -2.41. The van der Waals surface area contributed by atoms with Gasteiger partial charge in [0.05, 0.1) is 6.54 Å². The fourth-order valence-corrected chi connectivity index (χ4v) is 2.85. The lowest BCUT2D eigenvalue weighted by atomic mass is 9.96. The Morgan fingerprint density at radius 3 is 2.80 bits per heavy atom. The fourth-order valence-electron chi connectivity index (χ4n) is 2.85. The first-order valence-corrected chi connectivity index (χ1v) is 8.24. The third kappa shape index (κ3) is 4.68. The molecule has 1 aliphatic rings. The number of hydrogen-bond donors (Lipinski definition) is 2. The Balaban J connectivity index is 0.00000225. The van der Waals surface area contributed by atoms with Gasteiger partial charge in [-0.05, 0) is 37.5 Å². The molecule has 0 unspecified atom stereocenters. The lowest BCUT2D eigenvalue weighted by Gasteiger charge is -2.19. The van der Waals surface area contributed by atoms with Gasteiger partial charge in [0.1, 0.15) is 12.1 Å². The number of nitrogens with zero attached hydrogens (tertiary/aromatic N) is 4. The number of nitrogens with one attached hydrogen (secondary N) is 2. The zero-order chi connectivity index (χ0) is 17.0. The van der Waals surface area contributed by atoms with Gasteiger partial charge in [-0.3, -0.25) is 4.99 Å². The van der Waals surface area contributed by atoms with Crippen LogP contribution in [0, 0.1) is 5.82 Å². The summed E-state index contributed by atoms with van der Waals surface area (Å²) in [7, 11) is 1.74. The number of aromatic nitrogens is 3. The Labute approximate surface area is 164 Å². The van der Waals surface area contributed by atoms with Crippen molar-refractivity contribution in [1.29, 1.82) is 0 Å². The third-order valence-corrected chi connectivity index (χ3v) is 4.56. The average Bonchev–Trinajstić information content (AvgIpc) is 3.25. The lowest BCUT2D eigenvalue weighted by molar-refractivity contribution is 0.605. The Kier molecular flexibility index (Phi) is 6.74. The van der Waals surface area contributed by atoms with Crippen LogP contribution in [0.5, 0.6) is 0 Å². The van der Waals surface area contributed by atoms with Crippen LogP contribution >= 0.6 is 24.0 Å². The smallest absolute Gasteiger partial charge is 0.191 e. The second kappa shape index (κ2) is 8.59. The molecule has 0 aliphatic heterocycles. The largest absolute Gasteiger partial charge is 0.356 e. The highest BCUT2D eigenvalue weighted by Crippen LogP contribution is 2.47. The first-order chi connectivity index (χ1) is 11.7. The molecular weight excluding hydrogens is 434 g/mol. The van der Waals surface area contributed by atoms with Crippen molar-refractivity contribution in [2.75, 3.05) is 13.6 Å². The SMILES string of the molecule is CCn1cnnc1CNC(=NC)NCC1(c2cccc(F)c2)CC1.I. The standard InChI is InChI=1S/C17H23FN6.HI/c1-3-24-12-22-23-15(24)10-20-16(19-2)21-11-17(7-8-17)13-5-4-6-14(18)9-13;/h4-6,9,12H,3,7-8,10-11H2,1-2H3,(H2,19,20,21);1H. The van der Waals surface area contributed by atoms with E-state index in [0.717, 1.165) is 37.3 Å². The number of aryl methyl sites for hydroxylation is 1. The summed E-state index contributed by atoms with van der Waals surface area (Å²) < 4.78 is 15.4. The second-order valence-electron chi connectivity index (χ2n) is 6.10. The molecule has 1 heterocycles. The molecule has 1 aliphatic carbocycles. The molecule has 2 N–H and O–H groups in total. The van der Waals surface area contributed by atoms with Gasteiger partial charge in [0.2, 0.25) is 0 Å². The summed E-state index contributed by atoms with van der Waals surface area (Å²) >= 11 is 0. The Bertz CT molecular complexity index is 725. The van der Waals surface area contributed by atoms with E-state index < -0.39 is 0 Å². The quantitative estimate of drug-likeness (QED) is 0.397. The second-order valence-corrected chi connectivity index (χ2v) is 6.10. The summed E-state index contributed by atoms with van der Waals surface area (Å²) in [4.78, 5) is 4.25. The zero-order valence-corrected chi connectivity index (χ0v) is 16.8. The molecule has 8 heteroatoms. The molecule has 1 aromatic carbocycles. The minimum absolute atomic E-state index is 0. The molecule has 0 amide bonds. The van der Waals surface area contributed by atoms with E-state index in [-0.39, 0.29) is 35.2 Å². The number of guanidine groups is 1. The molecule has 2 aromatic rings. The highest BCUT2D eigenvalue weighted by molar-refractivity contribution is 14.0.